The normalized spacial score (nSPS) is 28.9. The van der Waals surface area contributed by atoms with Gasteiger partial charge >= 0.3 is 0 Å². The molecule has 2 aliphatic heterocycles. The van der Waals surface area contributed by atoms with Gasteiger partial charge in [0.2, 0.25) is 5.91 Å². The van der Waals surface area contributed by atoms with Crippen molar-refractivity contribution in [1.82, 2.24) is 10.2 Å². The average Bonchev–Trinajstić information content (AvgIpc) is 2.97. The standard InChI is InChI=1S/C14H21ClF2N2O2/c15-5-1-6-19-10-2-3-12(19)11(8-10)18-14(20)4-7-21-9-13(16)17/h1,5,10-13H,2-4,6-9H2,(H,18,20)/t10-,11+,12+/m0/s1. The Morgan fingerprint density at radius 1 is 1.48 bits per heavy atom. The van der Waals surface area contributed by atoms with Gasteiger partial charge in [0.1, 0.15) is 6.61 Å². The number of hydrogen-bond donors (Lipinski definition) is 1. The fourth-order valence-electron chi connectivity index (χ4n) is 3.32. The van der Waals surface area contributed by atoms with Crippen LogP contribution in [0, 0.1) is 0 Å². The molecule has 1 amide bonds. The van der Waals surface area contributed by atoms with Crippen molar-refractivity contribution in [3.05, 3.63) is 11.6 Å². The number of rotatable bonds is 8. The highest BCUT2D eigenvalue weighted by molar-refractivity contribution is 6.25. The van der Waals surface area contributed by atoms with Crippen LogP contribution in [0.2, 0.25) is 0 Å². The molecule has 2 saturated heterocycles. The summed E-state index contributed by atoms with van der Waals surface area (Å²) in [7, 11) is 0. The molecule has 0 aromatic heterocycles. The van der Waals surface area contributed by atoms with Crippen molar-refractivity contribution in [3.63, 3.8) is 0 Å². The largest absolute Gasteiger partial charge is 0.375 e. The lowest BCUT2D eigenvalue weighted by Crippen LogP contribution is -2.44. The summed E-state index contributed by atoms with van der Waals surface area (Å²) in [6.07, 6.45) is 2.74. The molecule has 7 heteroatoms. The molecule has 0 unspecified atom stereocenters. The molecule has 3 atom stereocenters. The van der Waals surface area contributed by atoms with Crippen LogP contribution in [0.1, 0.15) is 25.7 Å². The van der Waals surface area contributed by atoms with Gasteiger partial charge in [0, 0.05) is 36.6 Å². The van der Waals surface area contributed by atoms with Gasteiger partial charge in [0.15, 0.2) is 0 Å². The molecule has 2 heterocycles. The van der Waals surface area contributed by atoms with E-state index < -0.39 is 13.0 Å². The number of carbonyl (C=O) groups is 1. The van der Waals surface area contributed by atoms with Crippen molar-refractivity contribution in [3.8, 4) is 0 Å². The smallest absolute Gasteiger partial charge is 0.261 e. The molecule has 2 aliphatic rings. The maximum atomic E-state index is 11.9. The summed E-state index contributed by atoms with van der Waals surface area (Å²) in [6, 6.07) is 1.01. The number of carbonyl (C=O) groups excluding carboxylic acids is 1. The number of nitrogens with one attached hydrogen (secondary N) is 1. The number of ether oxygens (including phenoxy) is 1. The summed E-state index contributed by atoms with van der Waals surface area (Å²) < 4.78 is 28.5. The topological polar surface area (TPSA) is 41.6 Å². The molecule has 0 aromatic rings. The molecule has 0 aromatic carbocycles. The highest BCUT2D eigenvalue weighted by atomic mass is 35.5. The van der Waals surface area contributed by atoms with Gasteiger partial charge in [-0.1, -0.05) is 17.7 Å². The van der Waals surface area contributed by atoms with Gasteiger partial charge in [-0.2, -0.15) is 0 Å². The van der Waals surface area contributed by atoms with E-state index in [1.807, 2.05) is 6.08 Å². The van der Waals surface area contributed by atoms with Crippen LogP contribution in [0.25, 0.3) is 0 Å². The van der Waals surface area contributed by atoms with Gasteiger partial charge in [-0.25, -0.2) is 8.78 Å². The first-order valence-corrected chi connectivity index (χ1v) is 7.71. The van der Waals surface area contributed by atoms with Crippen molar-refractivity contribution < 1.29 is 18.3 Å². The van der Waals surface area contributed by atoms with Crippen LogP contribution in [0.3, 0.4) is 0 Å². The summed E-state index contributed by atoms with van der Waals surface area (Å²) in [5.74, 6) is -0.130. The van der Waals surface area contributed by atoms with Crippen LogP contribution >= 0.6 is 11.6 Å². The lowest BCUT2D eigenvalue weighted by atomic mass is 9.95. The molecule has 0 aliphatic carbocycles. The highest BCUT2D eigenvalue weighted by Gasteiger charge is 2.45. The lowest BCUT2D eigenvalue weighted by molar-refractivity contribution is -0.123. The maximum Gasteiger partial charge on any atom is 0.261 e. The number of alkyl halides is 2. The molecule has 4 nitrogen and oxygen atoms in total. The Labute approximate surface area is 128 Å². The molecule has 1 N–H and O–H groups in total. The summed E-state index contributed by atoms with van der Waals surface area (Å²) in [4.78, 5) is 14.2. The minimum Gasteiger partial charge on any atom is -0.375 e. The lowest BCUT2D eigenvalue weighted by Gasteiger charge is -2.24. The van der Waals surface area contributed by atoms with E-state index in [9.17, 15) is 13.6 Å². The van der Waals surface area contributed by atoms with E-state index in [0.29, 0.717) is 12.1 Å². The second kappa shape index (κ2) is 8.06. The van der Waals surface area contributed by atoms with E-state index in [-0.39, 0.29) is 25.0 Å². The number of nitrogens with zero attached hydrogens (tertiary/aromatic N) is 1. The molecule has 2 bridgehead atoms. The SMILES string of the molecule is O=C(CCOCC(F)F)N[C@@H]1C[C@@H]2CC[C@H]1N2CC=CCl. The molecular weight excluding hydrogens is 302 g/mol. The van der Waals surface area contributed by atoms with E-state index in [0.717, 1.165) is 25.8 Å². The van der Waals surface area contributed by atoms with Crippen molar-refractivity contribution in [2.45, 2.75) is 50.2 Å². The van der Waals surface area contributed by atoms with E-state index >= 15 is 0 Å². The van der Waals surface area contributed by atoms with Gasteiger partial charge < -0.3 is 10.1 Å². The monoisotopic (exact) mass is 322 g/mol. The zero-order chi connectivity index (χ0) is 15.2. The fourth-order valence-corrected chi connectivity index (χ4v) is 3.40. The zero-order valence-electron chi connectivity index (χ0n) is 11.8. The van der Waals surface area contributed by atoms with Crippen molar-refractivity contribution >= 4 is 17.5 Å². The second-order valence-corrected chi connectivity index (χ2v) is 5.73. The highest BCUT2D eigenvalue weighted by Crippen LogP contribution is 2.37. The average molecular weight is 323 g/mol. The maximum absolute atomic E-state index is 11.9. The molecule has 0 radical (unpaired) electrons. The van der Waals surface area contributed by atoms with Crippen LogP contribution in [0.5, 0.6) is 0 Å². The van der Waals surface area contributed by atoms with Gasteiger partial charge in [-0.15, -0.1) is 0 Å². The Hall–Kier alpha value is -0.720. The van der Waals surface area contributed by atoms with Gasteiger partial charge in [0.05, 0.1) is 6.61 Å². The van der Waals surface area contributed by atoms with E-state index in [2.05, 4.69) is 10.2 Å². The zero-order valence-corrected chi connectivity index (χ0v) is 12.6. The molecule has 0 spiro atoms. The minimum atomic E-state index is -2.48. The Morgan fingerprint density at radius 2 is 2.29 bits per heavy atom. The predicted octanol–water partition coefficient (Wildman–Crippen LogP) is 2.13. The Bertz CT molecular complexity index is 382. The number of fused-ring (bicyclic) bond motifs is 2. The van der Waals surface area contributed by atoms with E-state index in [1.165, 1.54) is 5.54 Å². The minimum absolute atomic E-state index is 0.0374. The molecule has 0 saturated carbocycles. The molecule has 2 fully saturated rings. The Balaban J connectivity index is 1.70. The van der Waals surface area contributed by atoms with Crippen molar-refractivity contribution in [2.75, 3.05) is 19.8 Å². The van der Waals surface area contributed by atoms with Crippen LogP contribution in [0.15, 0.2) is 11.6 Å². The Morgan fingerprint density at radius 3 is 3.00 bits per heavy atom. The summed E-state index contributed by atoms with van der Waals surface area (Å²) in [5, 5.41) is 3.00. The number of amides is 1. The first kappa shape index (κ1) is 16.6. The Kier molecular flexibility index (Phi) is 6.39. The summed E-state index contributed by atoms with van der Waals surface area (Å²) in [5.41, 5.74) is 1.52. The third kappa shape index (κ3) is 4.63. The first-order chi connectivity index (χ1) is 10.1. The first-order valence-electron chi connectivity index (χ1n) is 7.28. The summed E-state index contributed by atoms with van der Waals surface area (Å²) >= 11 is 5.57. The number of halogens is 3. The van der Waals surface area contributed by atoms with E-state index in [4.69, 9.17) is 16.3 Å². The molecule has 21 heavy (non-hydrogen) atoms. The van der Waals surface area contributed by atoms with Crippen LogP contribution in [-0.4, -0.2) is 55.1 Å². The third-order valence-corrected chi connectivity index (χ3v) is 4.33. The molecule has 120 valence electrons. The van der Waals surface area contributed by atoms with Crippen molar-refractivity contribution in [1.29, 1.82) is 0 Å². The predicted molar refractivity (Wildman–Crippen MR) is 76.5 cm³/mol. The number of hydrogen-bond acceptors (Lipinski definition) is 3. The van der Waals surface area contributed by atoms with Gasteiger partial charge in [-0.3, -0.25) is 9.69 Å². The van der Waals surface area contributed by atoms with Gasteiger partial charge in [-0.05, 0) is 19.3 Å². The van der Waals surface area contributed by atoms with Crippen LogP contribution in [-0.2, 0) is 9.53 Å². The molecule has 2 rings (SSSR count). The molecular formula is C14H21ClF2N2O2. The summed E-state index contributed by atoms with van der Waals surface area (Å²) in [6.45, 7) is 0.234. The third-order valence-electron chi connectivity index (χ3n) is 4.15. The quantitative estimate of drug-likeness (QED) is 0.696. The second-order valence-electron chi connectivity index (χ2n) is 5.48. The van der Waals surface area contributed by atoms with Crippen molar-refractivity contribution in [2.24, 2.45) is 0 Å². The van der Waals surface area contributed by atoms with Crippen LogP contribution < -0.4 is 5.32 Å². The fraction of sp³-hybridized carbons (Fsp3) is 0.786. The van der Waals surface area contributed by atoms with Gasteiger partial charge in [0.25, 0.3) is 6.43 Å². The van der Waals surface area contributed by atoms with Crippen LogP contribution in [0.4, 0.5) is 8.78 Å². The van der Waals surface area contributed by atoms with E-state index in [1.54, 1.807) is 0 Å².